The molecule has 0 saturated heterocycles. The van der Waals surface area contributed by atoms with Gasteiger partial charge < -0.3 is 9.30 Å². The lowest BCUT2D eigenvalue weighted by Gasteiger charge is -2.12. The van der Waals surface area contributed by atoms with Crippen molar-refractivity contribution in [2.75, 3.05) is 11.1 Å². The van der Waals surface area contributed by atoms with Crippen LogP contribution >= 0.6 is 23.1 Å². The minimum Gasteiger partial charge on any atom is -0.485 e. The zero-order valence-electron chi connectivity index (χ0n) is 17.2. The quantitative estimate of drug-likeness (QED) is 0.499. The van der Waals surface area contributed by atoms with Gasteiger partial charge in [0.25, 0.3) is 0 Å². The highest BCUT2D eigenvalue weighted by molar-refractivity contribution is 7.99. The largest absolute Gasteiger partial charge is 0.485 e. The van der Waals surface area contributed by atoms with Gasteiger partial charge in [-0.3, -0.25) is 10.1 Å². The summed E-state index contributed by atoms with van der Waals surface area (Å²) in [4.78, 5) is 12.3. The maximum absolute atomic E-state index is 12.3. The number of nitrogens with zero attached hydrogens (tertiary/aromatic N) is 5. The van der Waals surface area contributed by atoms with Crippen LogP contribution in [-0.2, 0) is 17.9 Å². The van der Waals surface area contributed by atoms with Crippen molar-refractivity contribution >= 4 is 34.1 Å². The van der Waals surface area contributed by atoms with E-state index in [4.69, 9.17) is 4.74 Å². The third-order valence-electron chi connectivity index (χ3n) is 4.81. The van der Waals surface area contributed by atoms with Crippen LogP contribution in [0.2, 0.25) is 0 Å². The Morgan fingerprint density at radius 3 is 2.70 bits per heavy atom. The molecule has 0 bridgehead atoms. The van der Waals surface area contributed by atoms with Crippen molar-refractivity contribution in [3.8, 4) is 5.75 Å². The Hall–Kier alpha value is -2.46. The van der Waals surface area contributed by atoms with Gasteiger partial charge >= 0.3 is 0 Å². The highest BCUT2D eigenvalue weighted by Crippen LogP contribution is 2.42. The predicted molar refractivity (Wildman–Crippen MR) is 117 cm³/mol. The van der Waals surface area contributed by atoms with Crippen LogP contribution < -0.4 is 10.1 Å². The fourth-order valence-electron chi connectivity index (χ4n) is 3.08. The number of rotatable bonds is 9. The molecule has 0 radical (unpaired) electrons. The maximum atomic E-state index is 12.3. The van der Waals surface area contributed by atoms with Gasteiger partial charge in [-0.1, -0.05) is 41.3 Å². The van der Waals surface area contributed by atoms with E-state index in [9.17, 15) is 4.79 Å². The van der Waals surface area contributed by atoms with E-state index in [0.29, 0.717) is 29.4 Å². The van der Waals surface area contributed by atoms with Crippen molar-refractivity contribution in [2.45, 2.75) is 57.8 Å². The maximum Gasteiger partial charge on any atom is 0.236 e. The molecule has 0 unspecified atom stereocenters. The van der Waals surface area contributed by atoms with Gasteiger partial charge in [-0.2, -0.15) is 0 Å². The molecule has 1 N–H and O–H groups in total. The molecule has 8 nitrogen and oxygen atoms in total. The molecule has 10 heteroatoms. The minimum absolute atomic E-state index is 0.127. The molecule has 0 aliphatic heterocycles. The van der Waals surface area contributed by atoms with Crippen LogP contribution in [0.15, 0.2) is 23.4 Å². The highest BCUT2D eigenvalue weighted by Gasteiger charge is 2.27. The summed E-state index contributed by atoms with van der Waals surface area (Å²) in [6.07, 6.45) is 2.33. The number of thioether (sulfide) groups is 1. The number of aryl methyl sites for hydroxylation is 2. The Labute approximate surface area is 183 Å². The van der Waals surface area contributed by atoms with Crippen molar-refractivity contribution < 1.29 is 9.53 Å². The zero-order valence-corrected chi connectivity index (χ0v) is 18.8. The Balaban J connectivity index is 1.34. The lowest BCUT2D eigenvalue weighted by molar-refractivity contribution is -0.113. The number of anilines is 1. The Kier molecular flexibility index (Phi) is 6.33. The zero-order chi connectivity index (χ0) is 21.1. The summed E-state index contributed by atoms with van der Waals surface area (Å²) in [5, 5.41) is 21.8. The predicted octanol–water partition coefficient (Wildman–Crippen LogP) is 3.95. The normalized spacial score (nSPS) is 13.4. The molecule has 158 valence electrons. The van der Waals surface area contributed by atoms with Crippen molar-refractivity contribution in [3.05, 3.63) is 40.2 Å². The van der Waals surface area contributed by atoms with Crippen LogP contribution in [0.1, 0.15) is 47.6 Å². The first-order chi connectivity index (χ1) is 14.5. The number of hydrogen-bond acceptors (Lipinski definition) is 8. The molecule has 1 saturated carbocycles. The number of carbonyl (C=O) groups excluding carboxylic acids is 1. The lowest BCUT2D eigenvalue weighted by Crippen LogP contribution is -2.14. The molecular formula is C20H24N6O2S2. The molecule has 1 amide bonds. The summed E-state index contributed by atoms with van der Waals surface area (Å²) in [5.41, 5.74) is 2.18. The number of amides is 1. The van der Waals surface area contributed by atoms with Gasteiger partial charge in [0, 0.05) is 12.5 Å². The number of nitrogens with one attached hydrogen (secondary N) is 1. The smallest absolute Gasteiger partial charge is 0.236 e. The van der Waals surface area contributed by atoms with Gasteiger partial charge in [0.15, 0.2) is 11.0 Å². The number of hydrogen-bond donors (Lipinski definition) is 1. The summed E-state index contributed by atoms with van der Waals surface area (Å²) in [7, 11) is 0. The SMILES string of the molecule is CCn1c(COc2c(C)cccc2C)nnc1SCC(=O)Nc1nnc(C2CC2)s1. The van der Waals surface area contributed by atoms with E-state index in [1.165, 1.54) is 35.9 Å². The van der Waals surface area contributed by atoms with E-state index < -0.39 is 0 Å². The number of ether oxygens (including phenoxy) is 1. The molecule has 1 fully saturated rings. The van der Waals surface area contributed by atoms with Crippen LogP contribution in [0, 0.1) is 13.8 Å². The van der Waals surface area contributed by atoms with Gasteiger partial charge in [-0.25, -0.2) is 0 Å². The Morgan fingerprint density at radius 2 is 2.00 bits per heavy atom. The second kappa shape index (κ2) is 9.13. The molecule has 1 aliphatic carbocycles. The standard InChI is InChI=1S/C20H24N6O2S2/c1-4-26-15(10-28-17-12(2)6-5-7-13(17)3)22-25-20(26)29-11-16(27)21-19-24-23-18(30-19)14-8-9-14/h5-7,14H,4,8-11H2,1-3H3,(H,21,24,27). The van der Waals surface area contributed by atoms with Gasteiger partial charge in [0.1, 0.15) is 17.4 Å². The Morgan fingerprint density at radius 1 is 1.23 bits per heavy atom. The first kappa shape index (κ1) is 20.8. The van der Waals surface area contributed by atoms with Crippen LogP contribution in [0.4, 0.5) is 5.13 Å². The molecule has 1 aliphatic rings. The van der Waals surface area contributed by atoms with Crippen LogP contribution in [0.3, 0.4) is 0 Å². The first-order valence-corrected chi connectivity index (χ1v) is 11.7. The monoisotopic (exact) mass is 444 g/mol. The van der Waals surface area contributed by atoms with E-state index in [1.54, 1.807) is 0 Å². The second-order valence-electron chi connectivity index (χ2n) is 7.21. The molecular weight excluding hydrogens is 420 g/mol. The topological polar surface area (TPSA) is 94.8 Å². The molecule has 0 spiro atoms. The minimum atomic E-state index is -0.127. The summed E-state index contributed by atoms with van der Waals surface area (Å²) in [5.74, 6) is 2.25. The fraction of sp³-hybridized carbons (Fsp3) is 0.450. The summed E-state index contributed by atoms with van der Waals surface area (Å²) in [6, 6.07) is 6.07. The van der Waals surface area contributed by atoms with Crippen molar-refractivity contribution in [1.29, 1.82) is 0 Å². The Bertz CT molecular complexity index is 1020. The molecule has 2 aromatic heterocycles. The van der Waals surface area contributed by atoms with Crippen LogP contribution in [0.25, 0.3) is 0 Å². The van der Waals surface area contributed by atoms with Gasteiger partial charge in [-0.05, 0) is 44.7 Å². The van der Waals surface area contributed by atoms with E-state index in [1.807, 2.05) is 43.5 Å². The molecule has 3 aromatic rings. The van der Waals surface area contributed by atoms with E-state index >= 15 is 0 Å². The summed E-state index contributed by atoms with van der Waals surface area (Å²) >= 11 is 2.81. The third-order valence-corrected chi connectivity index (χ3v) is 6.78. The number of benzene rings is 1. The van der Waals surface area contributed by atoms with Gasteiger partial charge in [0.05, 0.1) is 5.75 Å². The first-order valence-electron chi connectivity index (χ1n) is 9.92. The second-order valence-corrected chi connectivity index (χ2v) is 9.16. The van der Waals surface area contributed by atoms with Crippen molar-refractivity contribution in [2.24, 2.45) is 0 Å². The third kappa shape index (κ3) is 4.81. The average Bonchev–Trinajstić information content (AvgIpc) is 3.34. The lowest BCUT2D eigenvalue weighted by atomic mass is 10.1. The van der Waals surface area contributed by atoms with Gasteiger partial charge in [0.2, 0.25) is 11.0 Å². The molecule has 0 atom stereocenters. The fourth-order valence-corrected chi connectivity index (χ4v) is 4.83. The molecule has 4 rings (SSSR count). The summed E-state index contributed by atoms with van der Waals surface area (Å²) in [6.45, 7) is 7.10. The number of aromatic nitrogens is 5. The van der Waals surface area contributed by atoms with Crippen molar-refractivity contribution in [1.82, 2.24) is 25.0 Å². The van der Waals surface area contributed by atoms with Gasteiger partial charge in [-0.15, -0.1) is 20.4 Å². The average molecular weight is 445 g/mol. The van der Waals surface area contributed by atoms with Crippen LogP contribution in [-0.4, -0.2) is 36.6 Å². The van der Waals surface area contributed by atoms with E-state index in [2.05, 4.69) is 25.7 Å². The van der Waals surface area contributed by atoms with E-state index in [0.717, 1.165) is 27.7 Å². The molecule has 1 aromatic carbocycles. The van der Waals surface area contributed by atoms with Crippen LogP contribution in [0.5, 0.6) is 5.75 Å². The molecule has 2 heterocycles. The number of para-hydroxylation sites is 1. The molecule has 30 heavy (non-hydrogen) atoms. The summed E-state index contributed by atoms with van der Waals surface area (Å²) < 4.78 is 7.99. The number of carbonyl (C=O) groups is 1. The van der Waals surface area contributed by atoms with Crippen molar-refractivity contribution in [3.63, 3.8) is 0 Å². The van der Waals surface area contributed by atoms with E-state index in [-0.39, 0.29) is 11.7 Å². The highest BCUT2D eigenvalue weighted by atomic mass is 32.2.